The Kier molecular flexibility index (Phi) is 4.40. The van der Waals surface area contributed by atoms with Crippen molar-refractivity contribution in [1.82, 2.24) is 9.78 Å². The lowest BCUT2D eigenvalue weighted by atomic mass is 9.77. The molecule has 0 atom stereocenters. The minimum Gasteiger partial charge on any atom is -0.365 e. The number of hydrogen-bond acceptors (Lipinski definition) is 6. The summed E-state index contributed by atoms with van der Waals surface area (Å²) in [6, 6.07) is 2.24. The number of anilines is 1. The molecule has 1 aromatic rings. The molecule has 27 heavy (non-hydrogen) atoms. The average Bonchev–Trinajstić information content (AvgIpc) is 3.26. The van der Waals surface area contributed by atoms with Gasteiger partial charge in [-0.15, -0.1) is 0 Å². The summed E-state index contributed by atoms with van der Waals surface area (Å²) >= 11 is 0. The van der Waals surface area contributed by atoms with E-state index in [2.05, 4.69) is 16.5 Å². The molecule has 144 valence electrons. The minimum atomic E-state index is -0.658. The Morgan fingerprint density at radius 2 is 1.96 bits per heavy atom. The van der Waals surface area contributed by atoms with Gasteiger partial charge in [0.05, 0.1) is 31.2 Å². The van der Waals surface area contributed by atoms with Gasteiger partial charge in [0.25, 0.3) is 5.91 Å². The van der Waals surface area contributed by atoms with Gasteiger partial charge in [0.2, 0.25) is 5.91 Å². The van der Waals surface area contributed by atoms with Crippen LogP contribution in [0.4, 0.5) is 5.82 Å². The Balaban J connectivity index is 1.61. The second-order valence-corrected chi connectivity index (χ2v) is 7.63. The van der Waals surface area contributed by atoms with Crippen LogP contribution < -0.4 is 11.1 Å². The third-order valence-electron chi connectivity index (χ3n) is 5.82. The van der Waals surface area contributed by atoms with Gasteiger partial charge in [0.1, 0.15) is 5.56 Å². The van der Waals surface area contributed by atoms with Gasteiger partial charge in [-0.25, -0.2) is 0 Å². The first-order chi connectivity index (χ1) is 13.0. The molecule has 3 N–H and O–H groups in total. The van der Waals surface area contributed by atoms with Gasteiger partial charge in [0.15, 0.2) is 11.6 Å². The van der Waals surface area contributed by atoms with E-state index >= 15 is 0 Å². The molecule has 3 aliphatic rings. The number of rotatable bonds is 5. The topological polar surface area (TPSA) is 132 Å². The summed E-state index contributed by atoms with van der Waals surface area (Å²) in [6.45, 7) is 1.16. The first-order valence-electron chi connectivity index (χ1n) is 9.33. The molecule has 2 amide bonds. The van der Waals surface area contributed by atoms with Crippen LogP contribution in [0.15, 0.2) is 6.20 Å². The first-order valence-corrected chi connectivity index (χ1v) is 9.33. The highest BCUT2D eigenvalue weighted by atomic mass is 16.7. The summed E-state index contributed by atoms with van der Waals surface area (Å²) in [5, 5.41) is 16.6. The Hall–Kier alpha value is -2.44. The number of amides is 2. The highest BCUT2D eigenvalue weighted by molar-refractivity contribution is 6.02. The van der Waals surface area contributed by atoms with Crippen molar-refractivity contribution in [2.75, 3.05) is 18.5 Å². The molecule has 3 fully saturated rings. The van der Waals surface area contributed by atoms with Crippen LogP contribution >= 0.6 is 0 Å². The molecule has 1 aliphatic heterocycles. The molecule has 1 saturated heterocycles. The van der Waals surface area contributed by atoms with Gasteiger partial charge in [-0.1, -0.05) is 0 Å². The van der Waals surface area contributed by atoms with Crippen molar-refractivity contribution in [2.24, 2.45) is 11.7 Å². The molecule has 2 aliphatic carbocycles. The van der Waals surface area contributed by atoms with Crippen LogP contribution in [0.25, 0.3) is 0 Å². The fraction of sp³-hybridized carbons (Fsp3) is 0.667. The maximum Gasteiger partial charge on any atom is 0.254 e. The molecule has 2 saturated carbocycles. The summed E-state index contributed by atoms with van der Waals surface area (Å²) in [5.41, 5.74) is 5.07. The van der Waals surface area contributed by atoms with E-state index in [1.165, 1.54) is 0 Å². The molecule has 1 spiro atoms. The fourth-order valence-electron chi connectivity index (χ4n) is 3.97. The lowest BCUT2D eigenvalue weighted by molar-refractivity contribution is -0.190. The van der Waals surface area contributed by atoms with Crippen LogP contribution in [0.3, 0.4) is 0 Å². The smallest absolute Gasteiger partial charge is 0.254 e. The highest BCUT2D eigenvalue weighted by Crippen LogP contribution is 2.45. The zero-order valence-corrected chi connectivity index (χ0v) is 15.1. The number of carbonyl (C=O) groups is 2. The molecule has 2 heterocycles. The predicted octanol–water partition coefficient (Wildman–Crippen LogP) is 1.26. The van der Waals surface area contributed by atoms with Crippen LogP contribution in [0, 0.1) is 17.2 Å². The molecule has 1 aromatic heterocycles. The van der Waals surface area contributed by atoms with Gasteiger partial charge in [-0.3, -0.25) is 14.3 Å². The molecule has 0 aromatic carbocycles. The zero-order valence-electron chi connectivity index (χ0n) is 15.1. The molecule has 9 heteroatoms. The highest BCUT2D eigenvalue weighted by Gasteiger charge is 2.48. The summed E-state index contributed by atoms with van der Waals surface area (Å²) < 4.78 is 13.2. The molecule has 9 nitrogen and oxygen atoms in total. The monoisotopic (exact) mass is 373 g/mol. The molecule has 4 rings (SSSR count). The molecule has 0 unspecified atom stereocenters. The van der Waals surface area contributed by atoms with Crippen molar-refractivity contribution < 1.29 is 19.1 Å². The largest absolute Gasteiger partial charge is 0.365 e. The first kappa shape index (κ1) is 17.9. The molecular formula is C18H23N5O4. The van der Waals surface area contributed by atoms with Crippen molar-refractivity contribution in [3.8, 4) is 6.07 Å². The molecule has 0 radical (unpaired) electrons. The third kappa shape index (κ3) is 3.31. The summed E-state index contributed by atoms with van der Waals surface area (Å²) in [7, 11) is 0. The maximum atomic E-state index is 12.1. The number of primary amides is 1. The van der Waals surface area contributed by atoms with Crippen molar-refractivity contribution >= 4 is 17.6 Å². The van der Waals surface area contributed by atoms with Crippen molar-refractivity contribution in [2.45, 2.75) is 56.3 Å². The number of aromatic nitrogens is 2. The third-order valence-corrected chi connectivity index (χ3v) is 5.82. The Bertz CT molecular complexity index is 791. The lowest BCUT2D eigenvalue weighted by Gasteiger charge is -2.42. The van der Waals surface area contributed by atoms with Crippen LogP contribution in [0.1, 0.15) is 55.3 Å². The van der Waals surface area contributed by atoms with Gasteiger partial charge in [0, 0.05) is 25.0 Å². The lowest BCUT2D eigenvalue weighted by Crippen LogP contribution is -2.45. The number of hydrogen-bond donors (Lipinski definition) is 2. The van der Waals surface area contributed by atoms with Gasteiger partial charge >= 0.3 is 0 Å². The van der Waals surface area contributed by atoms with E-state index in [1.54, 1.807) is 10.9 Å². The SMILES string of the molecule is N#CCC1(n2cc(C(N)=O)c(NC(=O)C3CC3)n2)CCC2(CC1)OCCO2. The van der Waals surface area contributed by atoms with Crippen molar-refractivity contribution in [3.05, 3.63) is 11.8 Å². The number of nitrogens with one attached hydrogen (secondary N) is 1. The molecule has 0 bridgehead atoms. The van der Waals surface area contributed by atoms with E-state index in [-0.39, 0.29) is 29.6 Å². The van der Waals surface area contributed by atoms with Gasteiger partial charge in [-0.05, 0) is 25.7 Å². The van der Waals surface area contributed by atoms with Crippen molar-refractivity contribution in [1.29, 1.82) is 5.26 Å². The van der Waals surface area contributed by atoms with Crippen LogP contribution in [0.2, 0.25) is 0 Å². The summed E-state index contributed by atoms with van der Waals surface area (Å²) in [4.78, 5) is 24.0. The van der Waals surface area contributed by atoms with E-state index in [1.807, 2.05) is 0 Å². The summed E-state index contributed by atoms with van der Waals surface area (Å²) in [5.74, 6) is -1.22. The second-order valence-electron chi connectivity index (χ2n) is 7.63. The van der Waals surface area contributed by atoms with Gasteiger partial charge in [-0.2, -0.15) is 10.4 Å². The Morgan fingerprint density at radius 3 is 2.52 bits per heavy atom. The van der Waals surface area contributed by atoms with Crippen LogP contribution in [-0.2, 0) is 19.8 Å². The standard InChI is InChI=1S/C18H23N5O4/c19-8-7-17(3-5-18(6-4-17)26-9-10-27-18)23-11-13(14(20)24)15(22-23)21-16(25)12-1-2-12/h11-12H,1-7,9-10H2,(H2,20,24)(H,21,22,25). The van der Waals surface area contributed by atoms with E-state index in [4.69, 9.17) is 15.2 Å². The van der Waals surface area contributed by atoms with E-state index < -0.39 is 17.2 Å². The predicted molar refractivity (Wildman–Crippen MR) is 93.4 cm³/mol. The molecular weight excluding hydrogens is 350 g/mol. The maximum absolute atomic E-state index is 12.1. The van der Waals surface area contributed by atoms with Gasteiger partial charge < -0.3 is 20.5 Å². The minimum absolute atomic E-state index is 0.0184. The average molecular weight is 373 g/mol. The van der Waals surface area contributed by atoms with Crippen LogP contribution in [-0.4, -0.2) is 40.6 Å². The van der Waals surface area contributed by atoms with Crippen molar-refractivity contribution in [3.63, 3.8) is 0 Å². The Labute approximate surface area is 156 Å². The number of nitriles is 1. The quantitative estimate of drug-likeness (QED) is 0.798. The van der Waals surface area contributed by atoms with E-state index in [0.717, 1.165) is 12.8 Å². The van der Waals surface area contributed by atoms with E-state index in [9.17, 15) is 14.9 Å². The number of nitrogens with zero attached hydrogens (tertiary/aromatic N) is 3. The summed E-state index contributed by atoms with van der Waals surface area (Å²) in [6.07, 6.45) is 6.01. The Morgan fingerprint density at radius 1 is 1.30 bits per heavy atom. The zero-order chi connectivity index (χ0) is 19.1. The fourth-order valence-corrected chi connectivity index (χ4v) is 3.97. The normalized spacial score (nSPS) is 23.1. The second kappa shape index (κ2) is 6.62. The number of nitrogens with two attached hydrogens (primary N) is 1. The number of carbonyl (C=O) groups excluding carboxylic acids is 2. The number of ether oxygens (including phenoxy) is 2. The van der Waals surface area contributed by atoms with E-state index in [0.29, 0.717) is 38.9 Å². The van der Waals surface area contributed by atoms with Crippen LogP contribution in [0.5, 0.6) is 0 Å².